The van der Waals surface area contributed by atoms with Gasteiger partial charge in [-0.3, -0.25) is 10.1 Å². The van der Waals surface area contributed by atoms with E-state index >= 15 is 0 Å². The second-order valence-corrected chi connectivity index (χ2v) is 4.32. The Morgan fingerprint density at radius 1 is 1.47 bits per heavy atom. The lowest BCUT2D eigenvalue weighted by Crippen LogP contribution is -2.21. The molecule has 5 heteroatoms. The highest BCUT2D eigenvalue weighted by molar-refractivity contribution is 7.99. The first kappa shape index (κ1) is 12.0. The number of nitro groups is 1. The summed E-state index contributed by atoms with van der Waals surface area (Å²) in [5.74, 6) is 0.842. The van der Waals surface area contributed by atoms with Gasteiger partial charge in [-0.05, 0) is 18.6 Å². The average Bonchev–Trinajstić information content (AvgIpc) is 2.26. The number of nitrogens with two attached hydrogens (primary N) is 1. The number of hydrogen-bond donors (Lipinski definition) is 1. The summed E-state index contributed by atoms with van der Waals surface area (Å²) in [6.45, 7) is 2.04. The molecule has 0 radical (unpaired) electrons. The number of hydrogen-bond acceptors (Lipinski definition) is 4. The lowest BCUT2D eigenvalue weighted by atomic mass is 10.3. The molecule has 1 aromatic rings. The first-order valence-corrected chi connectivity index (χ1v) is 5.75. The molecule has 0 bridgehead atoms. The highest BCUT2D eigenvalue weighted by Gasteiger charge is 2.05. The summed E-state index contributed by atoms with van der Waals surface area (Å²) in [6.07, 6.45) is 0.944. The van der Waals surface area contributed by atoms with Crippen molar-refractivity contribution in [2.24, 2.45) is 5.73 Å². The molecule has 82 valence electrons. The van der Waals surface area contributed by atoms with Gasteiger partial charge >= 0.3 is 0 Å². The van der Waals surface area contributed by atoms with Crippen LogP contribution in [0, 0.1) is 10.1 Å². The minimum atomic E-state index is -0.397. The van der Waals surface area contributed by atoms with Crippen molar-refractivity contribution in [1.82, 2.24) is 0 Å². The Hall–Kier alpha value is -1.07. The Kier molecular flexibility index (Phi) is 4.58. The SMILES string of the molecule is CCC(N)CSc1ccc([N+](=O)[O-])cc1. The Morgan fingerprint density at radius 2 is 2.07 bits per heavy atom. The normalized spacial score (nSPS) is 12.4. The van der Waals surface area contributed by atoms with Crippen LogP contribution in [-0.4, -0.2) is 16.7 Å². The number of thioether (sulfide) groups is 1. The van der Waals surface area contributed by atoms with Crippen LogP contribution in [0.15, 0.2) is 29.2 Å². The summed E-state index contributed by atoms with van der Waals surface area (Å²) >= 11 is 1.63. The number of non-ortho nitro benzene ring substituents is 1. The molecule has 0 spiro atoms. The van der Waals surface area contributed by atoms with Crippen LogP contribution in [-0.2, 0) is 0 Å². The zero-order valence-corrected chi connectivity index (χ0v) is 9.37. The Bertz CT molecular complexity index is 327. The van der Waals surface area contributed by atoms with Gasteiger partial charge < -0.3 is 5.73 Å². The lowest BCUT2D eigenvalue weighted by Gasteiger charge is -2.07. The second kappa shape index (κ2) is 5.72. The van der Waals surface area contributed by atoms with Gasteiger partial charge in [0.1, 0.15) is 0 Å². The molecule has 0 heterocycles. The molecule has 0 saturated heterocycles. The molecule has 4 nitrogen and oxygen atoms in total. The van der Waals surface area contributed by atoms with E-state index in [1.807, 2.05) is 6.92 Å². The fourth-order valence-electron chi connectivity index (χ4n) is 0.985. The van der Waals surface area contributed by atoms with Gasteiger partial charge in [0.25, 0.3) is 5.69 Å². The van der Waals surface area contributed by atoms with E-state index in [4.69, 9.17) is 5.73 Å². The maximum Gasteiger partial charge on any atom is 0.269 e. The maximum absolute atomic E-state index is 10.4. The molecular formula is C10H14N2O2S. The highest BCUT2D eigenvalue weighted by Crippen LogP contribution is 2.21. The minimum Gasteiger partial charge on any atom is -0.327 e. The summed E-state index contributed by atoms with van der Waals surface area (Å²) < 4.78 is 0. The van der Waals surface area contributed by atoms with E-state index in [2.05, 4.69) is 0 Å². The minimum absolute atomic E-state index is 0.124. The second-order valence-electron chi connectivity index (χ2n) is 3.23. The summed E-state index contributed by atoms with van der Waals surface area (Å²) in [7, 11) is 0. The summed E-state index contributed by atoms with van der Waals surface area (Å²) in [5.41, 5.74) is 5.89. The van der Waals surface area contributed by atoms with E-state index in [0.29, 0.717) is 0 Å². The molecule has 0 aliphatic rings. The van der Waals surface area contributed by atoms with Crippen LogP contribution in [0.25, 0.3) is 0 Å². The molecule has 1 aromatic carbocycles. The smallest absolute Gasteiger partial charge is 0.269 e. The van der Waals surface area contributed by atoms with Crippen molar-refractivity contribution in [3.63, 3.8) is 0 Å². The number of nitro benzene ring substituents is 1. The molecule has 0 amide bonds. The lowest BCUT2D eigenvalue weighted by molar-refractivity contribution is -0.384. The number of nitrogens with zero attached hydrogens (tertiary/aromatic N) is 1. The van der Waals surface area contributed by atoms with Crippen molar-refractivity contribution >= 4 is 17.4 Å². The largest absolute Gasteiger partial charge is 0.327 e. The fraction of sp³-hybridized carbons (Fsp3) is 0.400. The van der Waals surface area contributed by atoms with Gasteiger partial charge in [0.05, 0.1) is 4.92 Å². The summed E-state index contributed by atoms with van der Waals surface area (Å²) in [5, 5.41) is 10.4. The topological polar surface area (TPSA) is 69.2 Å². The molecule has 1 unspecified atom stereocenters. The van der Waals surface area contributed by atoms with E-state index in [0.717, 1.165) is 17.1 Å². The van der Waals surface area contributed by atoms with Crippen molar-refractivity contribution in [3.05, 3.63) is 34.4 Å². The van der Waals surface area contributed by atoms with Crippen molar-refractivity contribution in [2.75, 3.05) is 5.75 Å². The van der Waals surface area contributed by atoms with Crippen molar-refractivity contribution in [2.45, 2.75) is 24.3 Å². The van der Waals surface area contributed by atoms with E-state index in [-0.39, 0.29) is 11.7 Å². The molecular weight excluding hydrogens is 212 g/mol. The standard InChI is InChI=1S/C10H14N2O2S/c1-2-8(11)7-15-10-5-3-9(4-6-10)12(13)14/h3-6,8H,2,7,11H2,1H3. The highest BCUT2D eigenvalue weighted by atomic mass is 32.2. The van der Waals surface area contributed by atoms with Gasteiger partial charge in [-0.15, -0.1) is 11.8 Å². The predicted octanol–water partition coefficient (Wildman–Crippen LogP) is 2.42. The Morgan fingerprint density at radius 3 is 2.53 bits per heavy atom. The van der Waals surface area contributed by atoms with Crippen LogP contribution >= 0.6 is 11.8 Å². The fourth-order valence-corrected chi connectivity index (χ4v) is 1.96. The first-order valence-electron chi connectivity index (χ1n) is 4.76. The van der Waals surface area contributed by atoms with Crippen molar-refractivity contribution in [1.29, 1.82) is 0 Å². The van der Waals surface area contributed by atoms with Gasteiger partial charge in [-0.25, -0.2) is 0 Å². The van der Waals surface area contributed by atoms with Crippen molar-refractivity contribution in [3.8, 4) is 0 Å². The van der Waals surface area contributed by atoms with Crippen LogP contribution in [0.3, 0.4) is 0 Å². The van der Waals surface area contributed by atoms with E-state index < -0.39 is 4.92 Å². The van der Waals surface area contributed by atoms with Crippen LogP contribution < -0.4 is 5.73 Å². The van der Waals surface area contributed by atoms with Gasteiger partial charge in [0, 0.05) is 28.8 Å². The molecule has 1 atom stereocenters. The molecule has 1 rings (SSSR count). The Balaban J connectivity index is 2.53. The van der Waals surface area contributed by atoms with Crippen LogP contribution in [0.1, 0.15) is 13.3 Å². The first-order chi connectivity index (χ1) is 7.13. The third kappa shape index (κ3) is 3.89. The molecule has 0 aliphatic carbocycles. The zero-order valence-electron chi connectivity index (χ0n) is 8.55. The number of rotatable bonds is 5. The average molecular weight is 226 g/mol. The quantitative estimate of drug-likeness (QED) is 0.475. The molecule has 15 heavy (non-hydrogen) atoms. The third-order valence-electron chi connectivity index (χ3n) is 2.04. The molecule has 0 aliphatic heterocycles. The third-order valence-corrected chi connectivity index (χ3v) is 3.24. The summed E-state index contributed by atoms with van der Waals surface area (Å²) in [6, 6.07) is 6.72. The van der Waals surface area contributed by atoms with Crippen LogP contribution in [0.2, 0.25) is 0 Å². The molecule has 0 saturated carbocycles. The monoisotopic (exact) mass is 226 g/mol. The predicted molar refractivity (Wildman–Crippen MR) is 62.1 cm³/mol. The Labute approximate surface area is 93.0 Å². The van der Waals surface area contributed by atoms with Gasteiger partial charge in [-0.1, -0.05) is 6.92 Å². The van der Waals surface area contributed by atoms with E-state index in [1.54, 1.807) is 23.9 Å². The van der Waals surface area contributed by atoms with Crippen LogP contribution in [0.4, 0.5) is 5.69 Å². The van der Waals surface area contributed by atoms with Gasteiger partial charge in [0.15, 0.2) is 0 Å². The van der Waals surface area contributed by atoms with Crippen molar-refractivity contribution < 1.29 is 4.92 Å². The molecule has 0 fully saturated rings. The van der Waals surface area contributed by atoms with Crippen LogP contribution in [0.5, 0.6) is 0 Å². The number of benzene rings is 1. The van der Waals surface area contributed by atoms with Gasteiger partial charge in [0.2, 0.25) is 0 Å². The molecule has 2 N–H and O–H groups in total. The van der Waals surface area contributed by atoms with E-state index in [1.165, 1.54) is 12.1 Å². The summed E-state index contributed by atoms with van der Waals surface area (Å²) in [4.78, 5) is 11.0. The molecule has 0 aromatic heterocycles. The van der Waals surface area contributed by atoms with Gasteiger partial charge in [-0.2, -0.15) is 0 Å². The maximum atomic E-state index is 10.4. The van der Waals surface area contributed by atoms with E-state index in [9.17, 15) is 10.1 Å². The zero-order chi connectivity index (χ0) is 11.3.